The van der Waals surface area contributed by atoms with Gasteiger partial charge in [-0.15, -0.1) is 0 Å². The van der Waals surface area contributed by atoms with Gasteiger partial charge in [0.25, 0.3) is 0 Å². The number of nitrogens with one attached hydrogen (secondary N) is 1. The number of aromatic amines is 1. The average Bonchev–Trinajstić information content (AvgIpc) is 2.49. The van der Waals surface area contributed by atoms with E-state index in [0.717, 1.165) is 12.3 Å². The first kappa shape index (κ1) is 13.3. The first-order valence-electron chi connectivity index (χ1n) is 5.66. The van der Waals surface area contributed by atoms with Crippen LogP contribution in [-0.2, 0) is 10.3 Å². The van der Waals surface area contributed by atoms with Crippen molar-refractivity contribution in [2.45, 2.75) is 45.1 Å². The van der Waals surface area contributed by atoms with Crippen molar-refractivity contribution in [2.24, 2.45) is 0 Å². The van der Waals surface area contributed by atoms with Crippen molar-refractivity contribution in [3.8, 4) is 0 Å². The maximum absolute atomic E-state index is 5.91. The van der Waals surface area contributed by atoms with Crippen LogP contribution >= 0.6 is 0 Å². The van der Waals surface area contributed by atoms with Gasteiger partial charge in [-0.2, -0.15) is 5.10 Å². The first-order chi connectivity index (χ1) is 7.21. The molecule has 0 saturated carbocycles. The Morgan fingerprint density at radius 1 is 1.44 bits per heavy atom. The Morgan fingerprint density at radius 2 is 2.06 bits per heavy atom. The Balaban J connectivity index is 2.52. The molecule has 1 aromatic heterocycles. The zero-order valence-electron chi connectivity index (χ0n) is 10.9. The third-order valence-electron chi connectivity index (χ3n) is 2.56. The monoisotopic (exact) mass is 241 g/mol. The van der Waals surface area contributed by atoms with Crippen molar-refractivity contribution < 1.29 is 4.74 Å². The average molecular weight is 241 g/mol. The normalized spacial score (nSPS) is 13.1. The zero-order chi connectivity index (χ0) is 12.4. The molecular weight excluding hydrogens is 218 g/mol. The molecule has 0 saturated heterocycles. The minimum absolute atomic E-state index is 0.343. The van der Waals surface area contributed by atoms with Crippen LogP contribution in [0.2, 0.25) is 25.7 Å². The molecule has 0 aliphatic heterocycles. The Bertz CT molecular complexity index is 341. The molecule has 0 aliphatic carbocycles. The van der Waals surface area contributed by atoms with E-state index in [-0.39, 0.29) is 5.60 Å². The first-order valence-corrected chi connectivity index (χ1v) is 9.37. The molecule has 0 unspecified atom stereocenters. The van der Waals surface area contributed by atoms with E-state index in [1.807, 2.05) is 19.9 Å². The molecule has 5 heteroatoms. The van der Waals surface area contributed by atoms with Crippen LogP contribution in [0.3, 0.4) is 0 Å². The lowest BCUT2D eigenvalue weighted by atomic mass is 10.1. The summed E-state index contributed by atoms with van der Waals surface area (Å²) in [5.74, 6) is 0.511. The van der Waals surface area contributed by atoms with Crippen LogP contribution < -0.4 is 5.73 Å². The van der Waals surface area contributed by atoms with Gasteiger partial charge in [-0.1, -0.05) is 19.6 Å². The van der Waals surface area contributed by atoms with Crippen molar-refractivity contribution in [1.29, 1.82) is 0 Å². The van der Waals surface area contributed by atoms with Crippen molar-refractivity contribution >= 4 is 13.9 Å². The van der Waals surface area contributed by atoms with E-state index in [4.69, 9.17) is 10.5 Å². The van der Waals surface area contributed by atoms with E-state index in [2.05, 4.69) is 29.8 Å². The molecule has 0 radical (unpaired) electrons. The summed E-state index contributed by atoms with van der Waals surface area (Å²) in [6.07, 6.45) is 0. The van der Waals surface area contributed by atoms with Crippen LogP contribution in [0.5, 0.6) is 0 Å². The highest BCUT2D eigenvalue weighted by molar-refractivity contribution is 6.76. The van der Waals surface area contributed by atoms with Crippen LogP contribution in [0.25, 0.3) is 0 Å². The van der Waals surface area contributed by atoms with E-state index in [1.165, 1.54) is 6.04 Å². The molecule has 0 atom stereocenters. The number of nitrogens with two attached hydrogens (primary N) is 1. The quantitative estimate of drug-likeness (QED) is 0.779. The van der Waals surface area contributed by atoms with Gasteiger partial charge in [-0.3, -0.25) is 5.10 Å². The summed E-state index contributed by atoms with van der Waals surface area (Å²) in [4.78, 5) is 0. The van der Waals surface area contributed by atoms with Gasteiger partial charge >= 0.3 is 0 Å². The Kier molecular flexibility index (Phi) is 3.80. The number of nitrogens with zero attached hydrogens (tertiary/aromatic N) is 1. The van der Waals surface area contributed by atoms with E-state index >= 15 is 0 Å². The SMILES string of the molecule is CC(C)(OCC[Si](C)(C)C)c1cc(N)n[nH]1. The third-order valence-corrected chi connectivity index (χ3v) is 4.27. The number of rotatable bonds is 5. The van der Waals surface area contributed by atoms with Gasteiger partial charge in [-0.05, 0) is 19.9 Å². The minimum Gasteiger partial charge on any atom is -0.382 e. The number of ether oxygens (including phenoxy) is 1. The summed E-state index contributed by atoms with van der Waals surface area (Å²) in [5, 5.41) is 6.83. The molecule has 1 aromatic rings. The van der Waals surface area contributed by atoms with Gasteiger partial charge in [0, 0.05) is 20.7 Å². The number of hydrogen-bond donors (Lipinski definition) is 2. The van der Waals surface area contributed by atoms with Gasteiger partial charge in [0.1, 0.15) is 11.4 Å². The number of nitrogen functional groups attached to an aromatic ring is 1. The molecule has 16 heavy (non-hydrogen) atoms. The fourth-order valence-corrected chi connectivity index (χ4v) is 2.05. The number of aromatic nitrogens is 2. The Morgan fingerprint density at radius 3 is 2.50 bits per heavy atom. The van der Waals surface area contributed by atoms with Crippen molar-refractivity contribution in [1.82, 2.24) is 10.2 Å². The van der Waals surface area contributed by atoms with Gasteiger partial charge in [-0.25, -0.2) is 0 Å². The number of H-pyrrole nitrogens is 1. The summed E-state index contributed by atoms with van der Waals surface area (Å²) in [6, 6.07) is 2.99. The molecule has 0 bridgehead atoms. The van der Waals surface area contributed by atoms with Gasteiger partial charge < -0.3 is 10.5 Å². The van der Waals surface area contributed by atoms with Crippen LogP contribution in [0, 0.1) is 0 Å². The maximum Gasteiger partial charge on any atom is 0.145 e. The highest BCUT2D eigenvalue weighted by Crippen LogP contribution is 2.24. The summed E-state index contributed by atoms with van der Waals surface area (Å²) in [5.41, 5.74) is 6.17. The molecular formula is C11H23N3OSi. The Labute approximate surface area is 98.6 Å². The molecule has 0 fully saturated rings. The fraction of sp³-hybridized carbons (Fsp3) is 0.727. The molecule has 0 aromatic carbocycles. The molecule has 4 nitrogen and oxygen atoms in total. The standard InChI is InChI=1S/C11H23N3OSi/c1-11(2,9-8-10(12)14-13-9)15-6-7-16(3,4)5/h8H,6-7H2,1-5H3,(H3,12,13,14). The zero-order valence-corrected chi connectivity index (χ0v) is 11.9. The summed E-state index contributed by atoms with van der Waals surface area (Å²) >= 11 is 0. The van der Waals surface area contributed by atoms with Gasteiger partial charge in [0.05, 0.1) is 5.69 Å². The highest BCUT2D eigenvalue weighted by Gasteiger charge is 2.24. The summed E-state index contributed by atoms with van der Waals surface area (Å²) < 4.78 is 5.91. The highest BCUT2D eigenvalue weighted by atomic mass is 28.3. The fourth-order valence-electron chi connectivity index (χ4n) is 1.34. The summed E-state index contributed by atoms with van der Waals surface area (Å²) in [6.45, 7) is 11.9. The third kappa shape index (κ3) is 3.98. The minimum atomic E-state index is -1.03. The van der Waals surface area contributed by atoms with E-state index in [1.54, 1.807) is 0 Å². The number of anilines is 1. The predicted molar refractivity (Wildman–Crippen MR) is 70.1 cm³/mol. The lowest BCUT2D eigenvalue weighted by molar-refractivity contribution is -0.0176. The van der Waals surface area contributed by atoms with Crippen molar-refractivity contribution in [2.75, 3.05) is 12.3 Å². The van der Waals surface area contributed by atoms with Gasteiger partial charge in [0.2, 0.25) is 0 Å². The Hall–Kier alpha value is -0.813. The van der Waals surface area contributed by atoms with Crippen LogP contribution in [-0.4, -0.2) is 24.9 Å². The molecule has 1 rings (SSSR count). The molecule has 1 heterocycles. The number of hydrogen-bond acceptors (Lipinski definition) is 3. The second-order valence-electron chi connectivity index (χ2n) is 5.88. The van der Waals surface area contributed by atoms with Crippen molar-refractivity contribution in [3.05, 3.63) is 11.8 Å². The lowest BCUT2D eigenvalue weighted by Crippen LogP contribution is -2.27. The van der Waals surface area contributed by atoms with E-state index in [0.29, 0.717) is 5.82 Å². The molecule has 0 spiro atoms. The lowest BCUT2D eigenvalue weighted by Gasteiger charge is -2.25. The van der Waals surface area contributed by atoms with Crippen LogP contribution in [0.4, 0.5) is 5.82 Å². The molecule has 3 N–H and O–H groups in total. The largest absolute Gasteiger partial charge is 0.382 e. The smallest absolute Gasteiger partial charge is 0.145 e. The second-order valence-corrected chi connectivity index (χ2v) is 11.5. The van der Waals surface area contributed by atoms with E-state index < -0.39 is 8.07 Å². The van der Waals surface area contributed by atoms with Crippen LogP contribution in [0.15, 0.2) is 6.07 Å². The van der Waals surface area contributed by atoms with Crippen LogP contribution in [0.1, 0.15) is 19.5 Å². The molecule has 92 valence electrons. The second kappa shape index (κ2) is 4.59. The van der Waals surface area contributed by atoms with E-state index in [9.17, 15) is 0 Å². The maximum atomic E-state index is 5.91. The van der Waals surface area contributed by atoms with Crippen molar-refractivity contribution in [3.63, 3.8) is 0 Å². The predicted octanol–water partition coefficient (Wildman–Crippen LogP) is 2.58. The molecule has 0 amide bonds. The molecule has 0 aliphatic rings. The topological polar surface area (TPSA) is 63.9 Å². The summed E-state index contributed by atoms with van der Waals surface area (Å²) in [7, 11) is -1.03. The van der Waals surface area contributed by atoms with Gasteiger partial charge in [0.15, 0.2) is 0 Å².